The zero-order chi connectivity index (χ0) is 18.8. The molecule has 1 aliphatic rings. The predicted molar refractivity (Wildman–Crippen MR) is 96.9 cm³/mol. The van der Waals surface area contributed by atoms with Crippen LogP contribution in [-0.4, -0.2) is 15.1 Å². The Bertz CT molecular complexity index is 1010. The number of nitriles is 1. The van der Waals surface area contributed by atoms with E-state index in [1.165, 1.54) is 17.2 Å². The average Bonchev–Trinajstić information content (AvgIpc) is 3.18. The number of hydrogen-bond donors (Lipinski definition) is 0. The maximum Gasteiger partial charge on any atom is 0.233 e. The number of aromatic nitrogens is 2. The molecule has 0 amide bonds. The van der Waals surface area contributed by atoms with Crippen molar-refractivity contribution >= 4 is 0 Å². The van der Waals surface area contributed by atoms with Crippen molar-refractivity contribution in [3.8, 4) is 6.07 Å². The van der Waals surface area contributed by atoms with Crippen LogP contribution in [0.3, 0.4) is 0 Å². The number of benzene rings is 2. The average molecular weight is 362 g/mol. The number of nitrogens with zero attached hydrogens (tertiary/aromatic N) is 4. The Balaban J connectivity index is 1.68. The van der Waals surface area contributed by atoms with Gasteiger partial charge in [-0.05, 0) is 29.7 Å². The maximum atomic E-state index is 14.4. The molecule has 0 aliphatic carbocycles. The molecule has 1 atom stereocenters. The molecule has 3 aromatic rings. The highest BCUT2D eigenvalue weighted by molar-refractivity contribution is 5.34. The minimum absolute atomic E-state index is 0.109. The fourth-order valence-electron chi connectivity index (χ4n) is 3.49. The first-order valence-corrected chi connectivity index (χ1v) is 8.99. The number of halogens is 1. The standard InChI is InChI=1S/C21H19FN4O/c1-2-20-24-25-21(27-20)19-10-15-5-3-4-6-16(15)12-26(19)13-17-8-7-14(11-23)9-18(17)22/h3-9,19H,2,10,12-13H2,1H3/t19-/m0/s1. The molecular formula is C21H19FN4O. The van der Waals surface area contributed by atoms with Gasteiger partial charge in [-0.25, -0.2) is 4.39 Å². The zero-order valence-electron chi connectivity index (χ0n) is 15.0. The molecule has 0 unspecified atom stereocenters. The van der Waals surface area contributed by atoms with Gasteiger partial charge in [0.1, 0.15) is 5.82 Å². The van der Waals surface area contributed by atoms with Gasteiger partial charge in [0.15, 0.2) is 0 Å². The van der Waals surface area contributed by atoms with Crippen molar-refractivity contribution in [3.05, 3.63) is 82.3 Å². The van der Waals surface area contributed by atoms with Crippen LogP contribution in [0.15, 0.2) is 46.9 Å². The summed E-state index contributed by atoms with van der Waals surface area (Å²) in [4.78, 5) is 2.15. The van der Waals surface area contributed by atoms with Crippen LogP contribution in [0.25, 0.3) is 0 Å². The van der Waals surface area contributed by atoms with E-state index in [9.17, 15) is 4.39 Å². The highest BCUT2D eigenvalue weighted by Crippen LogP contribution is 2.34. The SMILES string of the molecule is CCc1nnc([C@@H]2Cc3ccccc3CN2Cc2ccc(C#N)cc2F)o1. The highest BCUT2D eigenvalue weighted by atomic mass is 19.1. The molecule has 0 spiro atoms. The first-order chi connectivity index (χ1) is 13.2. The molecule has 136 valence electrons. The predicted octanol–water partition coefficient (Wildman–Crippen LogP) is 3.94. The largest absolute Gasteiger partial charge is 0.424 e. The second kappa shape index (κ2) is 7.29. The summed E-state index contributed by atoms with van der Waals surface area (Å²) in [5.41, 5.74) is 3.34. The van der Waals surface area contributed by atoms with Crippen LogP contribution in [0.4, 0.5) is 4.39 Å². The minimum atomic E-state index is -0.369. The normalized spacial score (nSPS) is 16.7. The molecule has 4 rings (SSSR count). The zero-order valence-corrected chi connectivity index (χ0v) is 15.0. The van der Waals surface area contributed by atoms with Gasteiger partial charge in [-0.1, -0.05) is 37.3 Å². The summed E-state index contributed by atoms with van der Waals surface area (Å²) in [6.07, 6.45) is 1.42. The summed E-state index contributed by atoms with van der Waals surface area (Å²) in [5.74, 6) is 0.801. The molecule has 0 saturated carbocycles. The van der Waals surface area contributed by atoms with Crippen LogP contribution in [0.5, 0.6) is 0 Å². The van der Waals surface area contributed by atoms with Crippen molar-refractivity contribution in [1.29, 1.82) is 5.26 Å². The molecule has 0 radical (unpaired) electrons. The maximum absolute atomic E-state index is 14.4. The van der Waals surface area contributed by atoms with Crippen molar-refractivity contribution in [2.24, 2.45) is 0 Å². The second-order valence-electron chi connectivity index (χ2n) is 6.70. The molecule has 0 fully saturated rings. The van der Waals surface area contributed by atoms with Gasteiger partial charge in [0, 0.05) is 25.1 Å². The van der Waals surface area contributed by atoms with Crippen LogP contribution in [0.1, 0.15) is 47.0 Å². The topological polar surface area (TPSA) is 66.0 Å². The van der Waals surface area contributed by atoms with E-state index in [2.05, 4.69) is 27.2 Å². The van der Waals surface area contributed by atoms with Crippen molar-refractivity contribution in [2.75, 3.05) is 0 Å². The van der Waals surface area contributed by atoms with E-state index in [1.807, 2.05) is 25.1 Å². The van der Waals surface area contributed by atoms with Crippen LogP contribution < -0.4 is 0 Å². The van der Waals surface area contributed by atoms with Gasteiger partial charge < -0.3 is 4.42 Å². The van der Waals surface area contributed by atoms with E-state index in [0.29, 0.717) is 42.4 Å². The Morgan fingerprint density at radius 3 is 2.74 bits per heavy atom. The molecule has 0 N–H and O–H groups in total. The summed E-state index contributed by atoms with van der Waals surface area (Å²) in [6.45, 7) is 3.04. The van der Waals surface area contributed by atoms with E-state index in [0.717, 1.165) is 6.42 Å². The summed E-state index contributed by atoms with van der Waals surface area (Å²) in [6, 6.07) is 14.7. The highest BCUT2D eigenvalue weighted by Gasteiger charge is 2.31. The number of hydrogen-bond acceptors (Lipinski definition) is 5. The van der Waals surface area contributed by atoms with E-state index in [1.54, 1.807) is 12.1 Å². The van der Waals surface area contributed by atoms with Crippen LogP contribution in [0, 0.1) is 17.1 Å². The van der Waals surface area contributed by atoms with E-state index in [-0.39, 0.29) is 11.9 Å². The van der Waals surface area contributed by atoms with E-state index >= 15 is 0 Å². The number of aryl methyl sites for hydroxylation is 1. The quantitative estimate of drug-likeness (QED) is 0.703. The molecule has 2 aromatic carbocycles. The van der Waals surface area contributed by atoms with Gasteiger partial charge in [0.25, 0.3) is 0 Å². The number of rotatable bonds is 4. The Hall–Kier alpha value is -3.04. The first-order valence-electron chi connectivity index (χ1n) is 8.99. The van der Waals surface area contributed by atoms with Crippen LogP contribution in [-0.2, 0) is 25.9 Å². The summed E-state index contributed by atoms with van der Waals surface area (Å²) >= 11 is 0. The summed E-state index contributed by atoms with van der Waals surface area (Å²) < 4.78 is 20.3. The third kappa shape index (κ3) is 3.46. The molecule has 2 heterocycles. The third-order valence-corrected chi connectivity index (χ3v) is 4.97. The lowest BCUT2D eigenvalue weighted by Gasteiger charge is -2.35. The summed E-state index contributed by atoms with van der Waals surface area (Å²) in [5, 5.41) is 17.3. The lowest BCUT2D eigenvalue weighted by Crippen LogP contribution is -2.34. The minimum Gasteiger partial charge on any atom is -0.424 e. The molecule has 0 saturated heterocycles. The molecule has 6 heteroatoms. The monoisotopic (exact) mass is 362 g/mol. The van der Waals surface area contributed by atoms with Crippen molar-refractivity contribution in [2.45, 2.75) is 38.9 Å². The van der Waals surface area contributed by atoms with Crippen LogP contribution >= 0.6 is 0 Å². The van der Waals surface area contributed by atoms with Gasteiger partial charge >= 0.3 is 0 Å². The molecule has 0 bridgehead atoms. The van der Waals surface area contributed by atoms with Gasteiger partial charge in [0.05, 0.1) is 17.7 Å². The third-order valence-electron chi connectivity index (χ3n) is 4.97. The van der Waals surface area contributed by atoms with Gasteiger partial charge in [-0.2, -0.15) is 5.26 Å². The smallest absolute Gasteiger partial charge is 0.233 e. The second-order valence-corrected chi connectivity index (χ2v) is 6.70. The van der Waals surface area contributed by atoms with Gasteiger partial charge in [0.2, 0.25) is 11.8 Å². The Morgan fingerprint density at radius 1 is 1.22 bits per heavy atom. The fourth-order valence-corrected chi connectivity index (χ4v) is 3.49. The Kier molecular flexibility index (Phi) is 4.69. The Morgan fingerprint density at radius 2 is 2.04 bits per heavy atom. The van der Waals surface area contributed by atoms with E-state index < -0.39 is 0 Å². The van der Waals surface area contributed by atoms with Gasteiger partial charge in [-0.15, -0.1) is 10.2 Å². The molecule has 27 heavy (non-hydrogen) atoms. The van der Waals surface area contributed by atoms with Crippen molar-refractivity contribution in [3.63, 3.8) is 0 Å². The Labute approximate surface area is 157 Å². The summed E-state index contributed by atoms with van der Waals surface area (Å²) in [7, 11) is 0. The van der Waals surface area contributed by atoms with Crippen molar-refractivity contribution < 1.29 is 8.81 Å². The number of fused-ring (bicyclic) bond motifs is 1. The van der Waals surface area contributed by atoms with Crippen LogP contribution in [0.2, 0.25) is 0 Å². The van der Waals surface area contributed by atoms with E-state index in [4.69, 9.17) is 9.68 Å². The molecule has 1 aromatic heterocycles. The fraction of sp³-hybridized carbons (Fsp3) is 0.286. The lowest BCUT2D eigenvalue weighted by molar-refractivity contribution is 0.135. The van der Waals surface area contributed by atoms with Gasteiger partial charge in [-0.3, -0.25) is 4.90 Å². The van der Waals surface area contributed by atoms with Crippen molar-refractivity contribution in [1.82, 2.24) is 15.1 Å². The lowest BCUT2D eigenvalue weighted by atomic mass is 9.93. The molecule has 1 aliphatic heterocycles. The first kappa shape index (κ1) is 17.4. The molecule has 5 nitrogen and oxygen atoms in total. The molecular weight excluding hydrogens is 343 g/mol.